The Balaban J connectivity index is 2.08. The maximum absolute atomic E-state index is 5.68. The van der Waals surface area contributed by atoms with Crippen molar-refractivity contribution in [1.29, 1.82) is 0 Å². The van der Waals surface area contributed by atoms with Crippen LogP contribution in [0.15, 0.2) is 42.5 Å². The van der Waals surface area contributed by atoms with Crippen molar-refractivity contribution in [1.82, 2.24) is 9.55 Å². The van der Waals surface area contributed by atoms with Crippen LogP contribution < -0.4 is 4.74 Å². The Labute approximate surface area is 129 Å². The third kappa shape index (κ3) is 2.72. The van der Waals surface area contributed by atoms with Gasteiger partial charge in [0.05, 0.1) is 17.1 Å². The Morgan fingerprint density at radius 1 is 1.10 bits per heavy atom. The van der Waals surface area contributed by atoms with Gasteiger partial charge in [-0.3, -0.25) is 4.57 Å². The maximum Gasteiger partial charge on any atom is 0.182 e. The van der Waals surface area contributed by atoms with Gasteiger partial charge in [0.1, 0.15) is 5.75 Å². The van der Waals surface area contributed by atoms with Crippen LogP contribution in [0.4, 0.5) is 0 Å². The molecular weight excluding hydrogens is 280 g/mol. The molecule has 0 saturated heterocycles. The lowest BCUT2D eigenvalue weighted by Gasteiger charge is -2.11. The minimum Gasteiger partial charge on any atom is -0.491 e. The van der Waals surface area contributed by atoms with E-state index < -0.39 is 0 Å². The highest BCUT2D eigenvalue weighted by Crippen LogP contribution is 2.22. The molecule has 0 spiro atoms. The first kappa shape index (κ1) is 13.9. The molecule has 0 aliphatic rings. The number of aromatic amines is 1. The van der Waals surface area contributed by atoms with Gasteiger partial charge in [0.25, 0.3) is 0 Å². The third-order valence-electron chi connectivity index (χ3n) is 3.30. The van der Waals surface area contributed by atoms with Crippen LogP contribution in [0.2, 0.25) is 0 Å². The molecule has 2 aromatic carbocycles. The molecule has 1 heterocycles. The summed E-state index contributed by atoms with van der Waals surface area (Å²) < 4.78 is 8.42. The number of H-pyrrole nitrogens is 1. The average Bonchev–Trinajstić information content (AvgIpc) is 2.74. The van der Waals surface area contributed by atoms with Crippen LogP contribution in [0.1, 0.15) is 19.4 Å². The van der Waals surface area contributed by atoms with Crippen LogP contribution in [0.3, 0.4) is 0 Å². The zero-order valence-electron chi connectivity index (χ0n) is 12.4. The van der Waals surface area contributed by atoms with Crippen molar-refractivity contribution >= 4 is 23.3 Å². The predicted molar refractivity (Wildman–Crippen MR) is 89.0 cm³/mol. The fraction of sp³-hybridized carbons (Fsp3) is 0.235. The molecule has 1 aromatic heterocycles. The molecule has 0 bridgehead atoms. The molecule has 0 atom stereocenters. The van der Waals surface area contributed by atoms with Crippen LogP contribution in [-0.2, 0) is 0 Å². The highest BCUT2D eigenvalue weighted by molar-refractivity contribution is 7.71. The van der Waals surface area contributed by atoms with Gasteiger partial charge in [-0.25, -0.2) is 0 Å². The standard InChI is InChI=1S/C17H18N2OS/c1-11(2)20-14-7-5-13(6-8-14)19-16-9-4-12(3)10-15(16)18-17(19)21/h4-11H,1-3H3,(H,18,21). The molecule has 3 nitrogen and oxygen atoms in total. The smallest absolute Gasteiger partial charge is 0.182 e. The van der Waals surface area contributed by atoms with Crippen molar-refractivity contribution < 1.29 is 4.74 Å². The Bertz CT molecular complexity index is 828. The molecule has 3 aromatic rings. The van der Waals surface area contributed by atoms with E-state index in [1.54, 1.807) is 0 Å². The Morgan fingerprint density at radius 3 is 2.48 bits per heavy atom. The SMILES string of the molecule is Cc1ccc2c(c1)[nH]c(=S)n2-c1ccc(OC(C)C)cc1. The Kier molecular flexibility index (Phi) is 3.55. The van der Waals surface area contributed by atoms with Gasteiger partial charge < -0.3 is 9.72 Å². The van der Waals surface area contributed by atoms with E-state index >= 15 is 0 Å². The second-order valence-electron chi connectivity index (χ2n) is 5.45. The number of imidazole rings is 1. The van der Waals surface area contributed by atoms with E-state index in [1.165, 1.54) is 5.56 Å². The molecular formula is C17H18N2OS. The van der Waals surface area contributed by atoms with Gasteiger partial charge in [-0.1, -0.05) is 6.07 Å². The quantitative estimate of drug-likeness (QED) is 0.705. The molecule has 0 amide bonds. The fourth-order valence-corrected chi connectivity index (χ4v) is 2.74. The monoisotopic (exact) mass is 298 g/mol. The van der Waals surface area contributed by atoms with Crippen LogP contribution in [0.5, 0.6) is 5.75 Å². The number of hydrogen-bond acceptors (Lipinski definition) is 2. The molecule has 0 fully saturated rings. The molecule has 0 radical (unpaired) electrons. The first-order chi connectivity index (χ1) is 10.0. The third-order valence-corrected chi connectivity index (χ3v) is 3.59. The summed E-state index contributed by atoms with van der Waals surface area (Å²) in [4.78, 5) is 3.26. The van der Waals surface area contributed by atoms with Gasteiger partial charge in [-0.05, 0) is 75.0 Å². The molecule has 21 heavy (non-hydrogen) atoms. The first-order valence-corrected chi connectivity index (χ1v) is 7.44. The number of fused-ring (bicyclic) bond motifs is 1. The number of ether oxygens (including phenoxy) is 1. The van der Waals surface area contributed by atoms with Gasteiger partial charge in [0, 0.05) is 5.69 Å². The Hall–Kier alpha value is -2.07. The molecule has 3 rings (SSSR count). The van der Waals surface area contributed by atoms with Crippen LogP contribution in [-0.4, -0.2) is 15.7 Å². The Morgan fingerprint density at radius 2 is 1.81 bits per heavy atom. The minimum absolute atomic E-state index is 0.175. The average molecular weight is 298 g/mol. The van der Waals surface area contributed by atoms with Gasteiger partial charge in [0.2, 0.25) is 0 Å². The lowest BCUT2D eigenvalue weighted by molar-refractivity contribution is 0.242. The number of aryl methyl sites for hydroxylation is 1. The minimum atomic E-state index is 0.175. The van der Waals surface area contributed by atoms with Gasteiger partial charge in [0.15, 0.2) is 4.77 Å². The largest absolute Gasteiger partial charge is 0.491 e. The number of hydrogen-bond donors (Lipinski definition) is 1. The normalized spacial score (nSPS) is 11.2. The molecule has 0 saturated carbocycles. The highest BCUT2D eigenvalue weighted by atomic mass is 32.1. The summed E-state index contributed by atoms with van der Waals surface area (Å²) in [5, 5.41) is 0. The zero-order valence-corrected chi connectivity index (χ0v) is 13.2. The van der Waals surface area contributed by atoms with E-state index in [4.69, 9.17) is 17.0 Å². The lowest BCUT2D eigenvalue weighted by atomic mass is 10.2. The van der Waals surface area contributed by atoms with Gasteiger partial charge >= 0.3 is 0 Å². The van der Waals surface area contributed by atoms with E-state index in [2.05, 4.69) is 30.1 Å². The number of aromatic nitrogens is 2. The van der Waals surface area contributed by atoms with Crippen LogP contribution in [0, 0.1) is 11.7 Å². The summed E-state index contributed by atoms with van der Waals surface area (Å²) in [5.74, 6) is 0.871. The number of benzene rings is 2. The van der Waals surface area contributed by atoms with E-state index in [1.807, 2.05) is 42.7 Å². The van der Waals surface area contributed by atoms with Crippen molar-refractivity contribution in [3.05, 3.63) is 52.8 Å². The second-order valence-corrected chi connectivity index (χ2v) is 5.83. The van der Waals surface area contributed by atoms with E-state index in [0.717, 1.165) is 22.5 Å². The lowest BCUT2D eigenvalue weighted by Crippen LogP contribution is -2.05. The van der Waals surface area contributed by atoms with Crippen molar-refractivity contribution in [3.63, 3.8) is 0 Å². The summed E-state index contributed by atoms with van der Waals surface area (Å²) in [6.45, 7) is 6.11. The van der Waals surface area contributed by atoms with Crippen molar-refractivity contribution in [3.8, 4) is 11.4 Å². The second kappa shape index (κ2) is 5.37. The maximum atomic E-state index is 5.68. The molecule has 0 aliphatic heterocycles. The molecule has 0 unspecified atom stereocenters. The zero-order chi connectivity index (χ0) is 15.0. The van der Waals surface area contributed by atoms with Crippen molar-refractivity contribution in [2.45, 2.75) is 26.9 Å². The van der Waals surface area contributed by atoms with Gasteiger partial charge in [-0.2, -0.15) is 0 Å². The highest BCUT2D eigenvalue weighted by Gasteiger charge is 2.07. The molecule has 0 aliphatic carbocycles. The number of nitrogens with zero attached hydrogens (tertiary/aromatic N) is 1. The summed E-state index contributed by atoms with van der Waals surface area (Å²) in [6.07, 6.45) is 0.175. The summed E-state index contributed by atoms with van der Waals surface area (Å²) in [6, 6.07) is 14.3. The first-order valence-electron chi connectivity index (χ1n) is 7.03. The summed E-state index contributed by atoms with van der Waals surface area (Å²) in [7, 11) is 0. The van der Waals surface area contributed by atoms with E-state index in [0.29, 0.717) is 4.77 Å². The molecule has 4 heteroatoms. The fourth-order valence-electron chi connectivity index (χ4n) is 2.43. The predicted octanol–water partition coefficient (Wildman–Crippen LogP) is 4.78. The van der Waals surface area contributed by atoms with Crippen molar-refractivity contribution in [2.75, 3.05) is 0 Å². The number of rotatable bonds is 3. The van der Waals surface area contributed by atoms with Gasteiger partial charge in [-0.15, -0.1) is 0 Å². The van der Waals surface area contributed by atoms with Crippen LogP contribution >= 0.6 is 12.2 Å². The van der Waals surface area contributed by atoms with Crippen LogP contribution in [0.25, 0.3) is 16.7 Å². The molecule has 1 N–H and O–H groups in total. The van der Waals surface area contributed by atoms with E-state index in [-0.39, 0.29) is 6.10 Å². The van der Waals surface area contributed by atoms with E-state index in [9.17, 15) is 0 Å². The van der Waals surface area contributed by atoms with Crippen molar-refractivity contribution in [2.24, 2.45) is 0 Å². The molecule has 108 valence electrons. The number of nitrogens with one attached hydrogen (secondary N) is 1. The summed E-state index contributed by atoms with van der Waals surface area (Å²) >= 11 is 5.46. The summed E-state index contributed by atoms with van der Waals surface area (Å²) in [5.41, 5.74) is 4.39. The topological polar surface area (TPSA) is 29.9 Å².